The molecular formula is C13H16FNO3. The molecule has 0 aliphatic heterocycles. The van der Waals surface area contributed by atoms with Crippen LogP contribution in [0.1, 0.15) is 18.4 Å². The number of hydrogen-bond donors (Lipinski definition) is 2. The van der Waals surface area contributed by atoms with Crippen LogP contribution in [0.3, 0.4) is 0 Å². The van der Waals surface area contributed by atoms with Crippen LogP contribution in [0.5, 0.6) is 5.75 Å². The molecule has 2 rings (SSSR count). The average molecular weight is 253 g/mol. The lowest BCUT2D eigenvalue weighted by molar-refractivity contribution is -0.145. The van der Waals surface area contributed by atoms with Gasteiger partial charge in [0.2, 0.25) is 0 Å². The largest absolute Gasteiger partial charge is 0.491 e. The molecule has 0 bridgehead atoms. The zero-order valence-electron chi connectivity index (χ0n) is 10.1. The minimum absolute atomic E-state index is 0.0310. The topological polar surface area (TPSA) is 72.5 Å². The number of ether oxygens (including phenoxy) is 1. The Morgan fingerprint density at radius 1 is 1.61 bits per heavy atom. The van der Waals surface area contributed by atoms with E-state index in [9.17, 15) is 9.18 Å². The second-order valence-electron chi connectivity index (χ2n) is 4.82. The van der Waals surface area contributed by atoms with Crippen LogP contribution in [-0.2, 0) is 4.79 Å². The lowest BCUT2D eigenvalue weighted by Crippen LogP contribution is -2.54. The first kappa shape index (κ1) is 12.8. The molecule has 1 fully saturated rings. The Hall–Kier alpha value is -1.62. The van der Waals surface area contributed by atoms with Crippen molar-refractivity contribution in [3.8, 4) is 5.75 Å². The van der Waals surface area contributed by atoms with Gasteiger partial charge in [-0.25, -0.2) is 4.39 Å². The van der Waals surface area contributed by atoms with Crippen molar-refractivity contribution in [2.24, 2.45) is 11.7 Å². The van der Waals surface area contributed by atoms with Crippen molar-refractivity contribution in [3.63, 3.8) is 0 Å². The molecule has 1 unspecified atom stereocenters. The molecule has 1 atom stereocenters. The van der Waals surface area contributed by atoms with Crippen molar-refractivity contribution in [1.82, 2.24) is 0 Å². The van der Waals surface area contributed by atoms with Gasteiger partial charge in [0.25, 0.3) is 0 Å². The second-order valence-corrected chi connectivity index (χ2v) is 4.82. The van der Waals surface area contributed by atoms with Crippen molar-refractivity contribution in [1.29, 1.82) is 0 Å². The van der Waals surface area contributed by atoms with E-state index in [1.54, 1.807) is 6.92 Å². The summed E-state index contributed by atoms with van der Waals surface area (Å²) in [5.41, 5.74) is 4.97. The second kappa shape index (κ2) is 4.57. The van der Waals surface area contributed by atoms with Crippen molar-refractivity contribution in [3.05, 3.63) is 29.6 Å². The molecule has 1 aliphatic carbocycles. The Kier molecular flexibility index (Phi) is 3.26. The molecule has 0 aromatic heterocycles. The summed E-state index contributed by atoms with van der Waals surface area (Å²) in [7, 11) is 0. The van der Waals surface area contributed by atoms with Crippen LogP contribution in [0.2, 0.25) is 0 Å². The van der Waals surface area contributed by atoms with Gasteiger partial charge in [-0.05, 0) is 49.4 Å². The van der Waals surface area contributed by atoms with Crippen LogP contribution >= 0.6 is 0 Å². The number of aryl methyl sites for hydroxylation is 1. The van der Waals surface area contributed by atoms with E-state index in [0.717, 1.165) is 12.8 Å². The van der Waals surface area contributed by atoms with E-state index in [2.05, 4.69) is 0 Å². The molecule has 0 amide bonds. The molecule has 0 radical (unpaired) electrons. The monoisotopic (exact) mass is 253 g/mol. The van der Waals surface area contributed by atoms with E-state index in [-0.39, 0.29) is 18.3 Å². The summed E-state index contributed by atoms with van der Waals surface area (Å²) in [4.78, 5) is 11.2. The number of rotatable bonds is 5. The summed E-state index contributed by atoms with van der Waals surface area (Å²) in [6.45, 7) is 1.52. The van der Waals surface area contributed by atoms with Gasteiger partial charge in [0.15, 0.2) is 5.54 Å². The SMILES string of the molecule is Cc1cc(OCC(N)(C(=O)O)C2CC2)ccc1F. The maximum atomic E-state index is 13.1. The quantitative estimate of drug-likeness (QED) is 0.837. The van der Waals surface area contributed by atoms with Gasteiger partial charge < -0.3 is 15.6 Å². The van der Waals surface area contributed by atoms with Gasteiger partial charge in [-0.1, -0.05) is 0 Å². The van der Waals surface area contributed by atoms with Gasteiger partial charge in [-0.2, -0.15) is 0 Å². The van der Waals surface area contributed by atoms with Crippen molar-refractivity contribution in [2.75, 3.05) is 6.61 Å². The number of carboxylic acid groups (broad SMARTS) is 1. The zero-order valence-corrected chi connectivity index (χ0v) is 10.1. The van der Waals surface area contributed by atoms with Gasteiger partial charge in [0, 0.05) is 0 Å². The molecule has 1 aromatic rings. The number of aliphatic carboxylic acids is 1. The number of nitrogens with two attached hydrogens (primary N) is 1. The molecule has 98 valence electrons. The fraction of sp³-hybridized carbons (Fsp3) is 0.462. The number of benzene rings is 1. The highest BCUT2D eigenvalue weighted by atomic mass is 19.1. The zero-order chi connectivity index (χ0) is 13.3. The Bertz CT molecular complexity index is 473. The van der Waals surface area contributed by atoms with Gasteiger partial charge in [0.1, 0.15) is 18.2 Å². The lowest BCUT2D eigenvalue weighted by atomic mass is 9.96. The van der Waals surface area contributed by atoms with Crippen LogP contribution in [0.15, 0.2) is 18.2 Å². The van der Waals surface area contributed by atoms with E-state index >= 15 is 0 Å². The Morgan fingerprint density at radius 3 is 2.78 bits per heavy atom. The number of carboxylic acids is 1. The molecule has 1 saturated carbocycles. The lowest BCUT2D eigenvalue weighted by Gasteiger charge is -2.24. The standard InChI is InChI=1S/C13H16FNO3/c1-8-6-10(4-5-11(8)14)18-7-13(15,12(16)17)9-2-3-9/h4-6,9H,2-3,7,15H2,1H3,(H,16,17). The normalized spacial score (nSPS) is 18.2. The third kappa shape index (κ3) is 2.46. The van der Waals surface area contributed by atoms with E-state index < -0.39 is 11.5 Å². The van der Waals surface area contributed by atoms with Crippen LogP contribution in [-0.4, -0.2) is 23.2 Å². The fourth-order valence-corrected chi connectivity index (χ4v) is 1.86. The van der Waals surface area contributed by atoms with E-state index in [0.29, 0.717) is 11.3 Å². The van der Waals surface area contributed by atoms with E-state index in [1.807, 2.05) is 0 Å². The van der Waals surface area contributed by atoms with Crippen molar-refractivity contribution >= 4 is 5.97 Å². The van der Waals surface area contributed by atoms with Crippen molar-refractivity contribution < 1.29 is 19.0 Å². The average Bonchev–Trinajstić information content (AvgIpc) is 3.14. The number of halogens is 1. The van der Waals surface area contributed by atoms with Crippen LogP contribution in [0, 0.1) is 18.7 Å². The minimum Gasteiger partial charge on any atom is -0.491 e. The number of hydrogen-bond acceptors (Lipinski definition) is 3. The molecule has 0 saturated heterocycles. The molecule has 0 heterocycles. The predicted octanol–water partition coefficient (Wildman–Crippen LogP) is 1.71. The molecule has 5 heteroatoms. The molecule has 18 heavy (non-hydrogen) atoms. The number of carbonyl (C=O) groups is 1. The van der Waals surface area contributed by atoms with Gasteiger partial charge >= 0.3 is 5.97 Å². The molecular weight excluding hydrogens is 237 g/mol. The van der Waals surface area contributed by atoms with Crippen LogP contribution in [0.25, 0.3) is 0 Å². The third-order valence-electron chi connectivity index (χ3n) is 3.31. The highest BCUT2D eigenvalue weighted by molar-refractivity contribution is 5.79. The summed E-state index contributed by atoms with van der Waals surface area (Å²) >= 11 is 0. The summed E-state index contributed by atoms with van der Waals surface area (Å²) in [6, 6.07) is 4.29. The minimum atomic E-state index is -1.34. The molecule has 4 nitrogen and oxygen atoms in total. The Balaban J connectivity index is 2.05. The summed E-state index contributed by atoms with van der Waals surface area (Å²) < 4.78 is 18.5. The highest BCUT2D eigenvalue weighted by Gasteiger charge is 2.49. The Labute approximate surface area is 105 Å². The first-order valence-electron chi connectivity index (χ1n) is 5.84. The molecule has 1 aromatic carbocycles. The smallest absolute Gasteiger partial charge is 0.327 e. The van der Waals surface area contributed by atoms with Crippen LogP contribution in [0.4, 0.5) is 4.39 Å². The van der Waals surface area contributed by atoms with Gasteiger partial charge in [-0.3, -0.25) is 4.79 Å². The first-order valence-corrected chi connectivity index (χ1v) is 5.84. The third-order valence-corrected chi connectivity index (χ3v) is 3.31. The van der Waals surface area contributed by atoms with Gasteiger partial charge in [0.05, 0.1) is 0 Å². The summed E-state index contributed by atoms with van der Waals surface area (Å²) in [5.74, 6) is -0.965. The van der Waals surface area contributed by atoms with Crippen molar-refractivity contribution in [2.45, 2.75) is 25.3 Å². The highest BCUT2D eigenvalue weighted by Crippen LogP contribution is 2.38. The molecule has 0 spiro atoms. The van der Waals surface area contributed by atoms with E-state index in [1.165, 1.54) is 18.2 Å². The maximum absolute atomic E-state index is 13.1. The first-order chi connectivity index (χ1) is 8.43. The molecule has 3 N–H and O–H groups in total. The predicted molar refractivity (Wildman–Crippen MR) is 63.9 cm³/mol. The summed E-state index contributed by atoms with van der Waals surface area (Å²) in [5, 5.41) is 9.15. The molecule has 1 aliphatic rings. The summed E-state index contributed by atoms with van der Waals surface area (Å²) in [6.07, 6.45) is 1.63. The van der Waals surface area contributed by atoms with Crippen LogP contribution < -0.4 is 10.5 Å². The van der Waals surface area contributed by atoms with Gasteiger partial charge in [-0.15, -0.1) is 0 Å². The Morgan fingerprint density at radius 2 is 2.28 bits per heavy atom. The maximum Gasteiger partial charge on any atom is 0.327 e. The fourth-order valence-electron chi connectivity index (χ4n) is 1.86. The van der Waals surface area contributed by atoms with E-state index in [4.69, 9.17) is 15.6 Å².